The normalized spacial score (nSPS) is 18.7. The third-order valence-corrected chi connectivity index (χ3v) is 3.36. The monoisotopic (exact) mass is 257 g/mol. The molecule has 0 aromatic carbocycles. The average Bonchev–Trinajstić information content (AvgIpc) is 2.63. The molecule has 3 rings (SSSR count). The lowest BCUT2D eigenvalue weighted by Gasteiger charge is -2.14. The topological polar surface area (TPSA) is 86.7 Å². The van der Waals surface area contributed by atoms with Crippen LogP contribution >= 0.6 is 0 Å². The van der Waals surface area contributed by atoms with Gasteiger partial charge >= 0.3 is 0 Å². The predicted octanol–water partition coefficient (Wildman–Crippen LogP) is 0.884. The maximum Gasteiger partial charge on any atom is 0.254 e. The Balaban J connectivity index is 2.15. The molecule has 0 aliphatic carbocycles. The molecule has 6 nitrogen and oxygen atoms in total. The lowest BCUT2D eigenvalue weighted by Crippen LogP contribution is -2.27. The molecule has 2 aromatic rings. The van der Waals surface area contributed by atoms with Crippen LogP contribution in [0.1, 0.15) is 31.1 Å². The van der Waals surface area contributed by atoms with Crippen molar-refractivity contribution in [2.75, 3.05) is 0 Å². The fraction of sp³-hybridized carbons (Fsp3) is 0.385. The Morgan fingerprint density at radius 3 is 3.00 bits per heavy atom. The minimum Gasteiger partial charge on any atom is -0.321 e. The van der Waals surface area contributed by atoms with E-state index in [2.05, 4.69) is 15.0 Å². The van der Waals surface area contributed by atoms with Gasteiger partial charge in [-0.1, -0.05) is 0 Å². The van der Waals surface area contributed by atoms with Gasteiger partial charge in [0.15, 0.2) is 0 Å². The largest absolute Gasteiger partial charge is 0.321 e. The van der Waals surface area contributed by atoms with E-state index in [4.69, 9.17) is 5.73 Å². The van der Waals surface area contributed by atoms with Gasteiger partial charge in [-0.05, 0) is 25.3 Å². The molecule has 1 aliphatic rings. The van der Waals surface area contributed by atoms with Crippen molar-refractivity contribution < 1.29 is 0 Å². The highest BCUT2D eigenvalue weighted by molar-refractivity contribution is 5.52. The summed E-state index contributed by atoms with van der Waals surface area (Å²) in [7, 11) is 0. The van der Waals surface area contributed by atoms with Gasteiger partial charge in [-0.2, -0.15) is 0 Å². The second-order valence-corrected chi connectivity index (χ2v) is 4.69. The summed E-state index contributed by atoms with van der Waals surface area (Å²) in [6, 6.07) is 3.07. The fourth-order valence-corrected chi connectivity index (χ4v) is 2.37. The Morgan fingerprint density at radius 1 is 1.32 bits per heavy atom. The SMILES string of the molecule is NC1CCCCn2c1nc(-c1ccncn1)cc2=O. The second kappa shape index (κ2) is 4.89. The van der Waals surface area contributed by atoms with Crippen molar-refractivity contribution in [3.05, 3.63) is 40.8 Å². The van der Waals surface area contributed by atoms with Gasteiger partial charge < -0.3 is 5.73 Å². The zero-order valence-corrected chi connectivity index (χ0v) is 10.5. The Hall–Kier alpha value is -2.08. The molecule has 98 valence electrons. The molecule has 0 fully saturated rings. The molecule has 1 unspecified atom stereocenters. The fourth-order valence-electron chi connectivity index (χ4n) is 2.37. The molecule has 19 heavy (non-hydrogen) atoms. The van der Waals surface area contributed by atoms with Crippen LogP contribution in [0.4, 0.5) is 0 Å². The summed E-state index contributed by atoms with van der Waals surface area (Å²) in [6.45, 7) is 0.693. The molecule has 0 spiro atoms. The van der Waals surface area contributed by atoms with Crippen molar-refractivity contribution in [2.45, 2.75) is 31.8 Å². The predicted molar refractivity (Wildman–Crippen MR) is 70.3 cm³/mol. The van der Waals surface area contributed by atoms with Crippen molar-refractivity contribution in [2.24, 2.45) is 5.73 Å². The molecule has 0 radical (unpaired) electrons. The quantitative estimate of drug-likeness (QED) is 0.819. The summed E-state index contributed by atoms with van der Waals surface area (Å²) in [5, 5.41) is 0. The third kappa shape index (κ3) is 2.26. The summed E-state index contributed by atoms with van der Waals surface area (Å²) in [6.07, 6.45) is 5.93. The van der Waals surface area contributed by atoms with Crippen LogP contribution in [0.2, 0.25) is 0 Å². The zero-order valence-electron chi connectivity index (χ0n) is 10.5. The summed E-state index contributed by atoms with van der Waals surface area (Å²) in [5.74, 6) is 0.665. The maximum atomic E-state index is 12.2. The van der Waals surface area contributed by atoms with Gasteiger partial charge in [0.2, 0.25) is 0 Å². The van der Waals surface area contributed by atoms with Crippen molar-refractivity contribution in [1.29, 1.82) is 0 Å². The van der Waals surface area contributed by atoms with Crippen molar-refractivity contribution in [3.8, 4) is 11.4 Å². The van der Waals surface area contributed by atoms with Gasteiger partial charge in [-0.3, -0.25) is 9.36 Å². The minimum atomic E-state index is -0.183. The van der Waals surface area contributed by atoms with E-state index in [-0.39, 0.29) is 11.6 Å². The van der Waals surface area contributed by atoms with Gasteiger partial charge in [-0.15, -0.1) is 0 Å². The van der Waals surface area contributed by atoms with Crippen LogP contribution in [0, 0.1) is 0 Å². The molecule has 1 atom stereocenters. The smallest absolute Gasteiger partial charge is 0.254 e. The highest BCUT2D eigenvalue weighted by Gasteiger charge is 2.19. The molecule has 0 saturated carbocycles. The molecule has 2 N–H and O–H groups in total. The standard InChI is InChI=1S/C13H15N5O/c14-9-3-1-2-6-18-12(19)7-11(17-13(9)18)10-4-5-15-8-16-10/h4-5,7-9H,1-3,6,14H2. The molecule has 0 bridgehead atoms. The van der Waals surface area contributed by atoms with E-state index < -0.39 is 0 Å². The molecular formula is C13H15N5O. The van der Waals surface area contributed by atoms with Crippen LogP contribution < -0.4 is 11.3 Å². The lowest BCUT2D eigenvalue weighted by atomic mass is 10.1. The van der Waals surface area contributed by atoms with E-state index in [0.29, 0.717) is 23.8 Å². The first-order chi connectivity index (χ1) is 9.25. The molecular weight excluding hydrogens is 242 g/mol. The first-order valence-electron chi connectivity index (χ1n) is 6.39. The number of aromatic nitrogens is 4. The van der Waals surface area contributed by atoms with Crippen LogP contribution in [0.15, 0.2) is 29.5 Å². The van der Waals surface area contributed by atoms with Crippen LogP contribution in [0.25, 0.3) is 11.4 Å². The van der Waals surface area contributed by atoms with Crippen LogP contribution in [0.5, 0.6) is 0 Å². The number of nitrogens with two attached hydrogens (primary N) is 1. The highest BCUT2D eigenvalue weighted by Crippen LogP contribution is 2.21. The van der Waals surface area contributed by atoms with Crippen LogP contribution in [0.3, 0.4) is 0 Å². The third-order valence-electron chi connectivity index (χ3n) is 3.36. The van der Waals surface area contributed by atoms with E-state index in [1.54, 1.807) is 16.8 Å². The van der Waals surface area contributed by atoms with Gasteiger partial charge in [-0.25, -0.2) is 15.0 Å². The highest BCUT2D eigenvalue weighted by atomic mass is 16.1. The Labute approximate surface area is 110 Å². The first kappa shape index (κ1) is 12.0. The van der Waals surface area contributed by atoms with E-state index >= 15 is 0 Å². The van der Waals surface area contributed by atoms with Crippen LogP contribution in [-0.4, -0.2) is 19.5 Å². The van der Waals surface area contributed by atoms with Crippen molar-refractivity contribution in [3.63, 3.8) is 0 Å². The molecule has 6 heteroatoms. The maximum absolute atomic E-state index is 12.2. The van der Waals surface area contributed by atoms with Crippen molar-refractivity contribution in [1.82, 2.24) is 19.5 Å². The molecule has 3 heterocycles. The molecule has 2 aromatic heterocycles. The number of nitrogens with zero attached hydrogens (tertiary/aromatic N) is 4. The lowest BCUT2D eigenvalue weighted by molar-refractivity contribution is 0.596. The van der Waals surface area contributed by atoms with Crippen molar-refractivity contribution >= 4 is 0 Å². The van der Waals surface area contributed by atoms with Gasteiger partial charge in [0, 0.05) is 18.8 Å². The number of fused-ring (bicyclic) bond motifs is 1. The average molecular weight is 257 g/mol. The molecule has 0 amide bonds. The van der Waals surface area contributed by atoms with E-state index in [0.717, 1.165) is 19.3 Å². The number of rotatable bonds is 1. The Bertz CT molecular complexity index is 637. The number of hydrogen-bond donors (Lipinski definition) is 1. The molecule has 1 aliphatic heterocycles. The Kier molecular flexibility index (Phi) is 3.08. The Morgan fingerprint density at radius 2 is 2.21 bits per heavy atom. The minimum absolute atomic E-state index is 0.0593. The summed E-state index contributed by atoms with van der Waals surface area (Å²) in [5.41, 5.74) is 7.26. The summed E-state index contributed by atoms with van der Waals surface area (Å²) >= 11 is 0. The van der Waals surface area contributed by atoms with Gasteiger partial charge in [0.05, 0.1) is 17.4 Å². The zero-order chi connectivity index (χ0) is 13.2. The second-order valence-electron chi connectivity index (χ2n) is 4.69. The number of hydrogen-bond acceptors (Lipinski definition) is 5. The summed E-state index contributed by atoms with van der Waals surface area (Å²) < 4.78 is 1.68. The van der Waals surface area contributed by atoms with E-state index in [1.807, 2.05) is 0 Å². The molecule has 0 saturated heterocycles. The van der Waals surface area contributed by atoms with E-state index in [1.165, 1.54) is 12.4 Å². The van der Waals surface area contributed by atoms with Crippen LogP contribution in [-0.2, 0) is 6.54 Å². The van der Waals surface area contributed by atoms with Gasteiger partial charge in [0.1, 0.15) is 12.2 Å². The summed E-state index contributed by atoms with van der Waals surface area (Å²) in [4.78, 5) is 24.7. The first-order valence-corrected chi connectivity index (χ1v) is 6.39. The van der Waals surface area contributed by atoms with E-state index in [9.17, 15) is 4.79 Å². The van der Waals surface area contributed by atoms with Gasteiger partial charge in [0.25, 0.3) is 5.56 Å².